The van der Waals surface area contributed by atoms with Crippen LogP contribution in [0, 0.1) is 11.8 Å². The van der Waals surface area contributed by atoms with E-state index in [1.54, 1.807) is 7.11 Å². The van der Waals surface area contributed by atoms with E-state index in [9.17, 15) is 0 Å². The third-order valence-electron chi connectivity index (χ3n) is 5.72. The Balaban J connectivity index is 2.57. The minimum absolute atomic E-state index is 0.0975. The molecule has 0 N–H and O–H groups in total. The summed E-state index contributed by atoms with van der Waals surface area (Å²) in [7, 11) is 1.76. The molecule has 0 bridgehead atoms. The molecule has 0 radical (unpaired) electrons. The molecule has 0 amide bonds. The summed E-state index contributed by atoms with van der Waals surface area (Å²) in [6.07, 6.45) is 12.0. The van der Waals surface area contributed by atoms with Crippen molar-refractivity contribution in [3.8, 4) is 0 Å². The van der Waals surface area contributed by atoms with Gasteiger partial charge in [-0.1, -0.05) is 39.0 Å². The second-order valence-electron chi connectivity index (χ2n) is 9.16. The maximum atomic E-state index is 6.31. The van der Waals surface area contributed by atoms with Gasteiger partial charge >= 0.3 is 0 Å². The molecule has 0 aliphatic carbocycles. The Bertz CT molecular complexity index is 476. The lowest BCUT2D eigenvalue weighted by Crippen LogP contribution is -2.37. The van der Waals surface area contributed by atoms with Gasteiger partial charge in [0.15, 0.2) is 0 Å². The topological polar surface area (TPSA) is 27.7 Å². The van der Waals surface area contributed by atoms with Gasteiger partial charge in [0.2, 0.25) is 0 Å². The number of methoxy groups -OCH3 is 1. The third kappa shape index (κ3) is 8.50. The average Bonchev–Trinajstić information content (AvgIpc) is 2.56. The van der Waals surface area contributed by atoms with Crippen LogP contribution < -0.4 is 0 Å². The summed E-state index contributed by atoms with van der Waals surface area (Å²) in [6.45, 7) is 17.5. The fourth-order valence-electron chi connectivity index (χ4n) is 4.31. The first kappa shape index (κ1) is 24.4. The molecule has 3 heteroatoms. The monoisotopic (exact) mass is 380 g/mol. The van der Waals surface area contributed by atoms with E-state index in [1.807, 2.05) is 0 Å². The Hall–Kier alpha value is -0.640. The number of allylic oxidation sites excluding steroid dienone is 3. The maximum Gasteiger partial charge on any atom is 0.0827 e. The quantitative estimate of drug-likeness (QED) is 0.415. The van der Waals surface area contributed by atoms with E-state index < -0.39 is 0 Å². The summed E-state index contributed by atoms with van der Waals surface area (Å²) in [5.41, 5.74) is 1.15. The highest BCUT2D eigenvalue weighted by atomic mass is 16.5. The van der Waals surface area contributed by atoms with Crippen LogP contribution in [0.5, 0.6) is 0 Å². The predicted octanol–water partition coefficient (Wildman–Crippen LogP) is 6.33. The Labute approximate surface area is 168 Å². The van der Waals surface area contributed by atoms with Crippen molar-refractivity contribution in [3.63, 3.8) is 0 Å². The van der Waals surface area contributed by atoms with Gasteiger partial charge in [-0.3, -0.25) is 0 Å². The van der Waals surface area contributed by atoms with Crippen molar-refractivity contribution in [3.05, 3.63) is 23.8 Å². The highest BCUT2D eigenvalue weighted by Crippen LogP contribution is 2.29. The van der Waals surface area contributed by atoms with Crippen LogP contribution in [0.25, 0.3) is 0 Å². The lowest BCUT2D eigenvalue weighted by Gasteiger charge is -2.34. The van der Waals surface area contributed by atoms with Gasteiger partial charge in [0.25, 0.3) is 0 Å². The van der Waals surface area contributed by atoms with E-state index in [1.165, 1.54) is 18.4 Å². The summed E-state index contributed by atoms with van der Waals surface area (Å²) >= 11 is 0. The van der Waals surface area contributed by atoms with Crippen LogP contribution in [-0.4, -0.2) is 37.1 Å². The van der Waals surface area contributed by atoms with Crippen molar-refractivity contribution < 1.29 is 14.2 Å². The Morgan fingerprint density at radius 1 is 1.22 bits per heavy atom. The molecule has 1 fully saturated rings. The Kier molecular flexibility index (Phi) is 10.3. The summed E-state index contributed by atoms with van der Waals surface area (Å²) < 4.78 is 18.0. The molecule has 1 saturated heterocycles. The lowest BCUT2D eigenvalue weighted by molar-refractivity contribution is -0.125. The zero-order valence-electron chi connectivity index (χ0n) is 19.2. The molecule has 1 aliphatic rings. The van der Waals surface area contributed by atoms with Gasteiger partial charge in [-0.15, -0.1) is 0 Å². The molecule has 0 aromatic heterocycles. The maximum absolute atomic E-state index is 6.31. The number of hydrogen-bond acceptors (Lipinski definition) is 3. The lowest BCUT2D eigenvalue weighted by atomic mass is 9.89. The van der Waals surface area contributed by atoms with Gasteiger partial charge in [-0.2, -0.15) is 0 Å². The minimum Gasteiger partial charge on any atom is -0.379 e. The molecule has 6 atom stereocenters. The van der Waals surface area contributed by atoms with Crippen LogP contribution in [0.2, 0.25) is 0 Å². The van der Waals surface area contributed by atoms with E-state index in [-0.39, 0.29) is 23.9 Å². The fourth-order valence-corrected chi connectivity index (χ4v) is 4.31. The first-order valence-electron chi connectivity index (χ1n) is 10.8. The van der Waals surface area contributed by atoms with E-state index in [0.29, 0.717) is 17.9 Å². The van der Waals surface area contributed by atoms with Crippen molar-refractivity contribution in [2.24, 2.45) is 11.8 Å². The molecule has 1 heterocycles. The van der Waals surface area contributed by atoms with Crippen LogP contribution in [0.3, 0.4) is 0 Å². The summed E-state index contributed by atoms with van der Waals surface area (Å²) in [4.78, 5) is 0. The molecule has 1 aliphatic heterocycles. The highest BCUT2D eigenvalue weighted by Gasteiger charge is 2.28. The highest BCUT2D eigenvalue weighted by molar-refractivity contribution is 5.16. The molecular weight excluding hydrogens is 336 g/mol. The Morgan fingerprint density at radius 2 is 1.89 bits per heavy atom. The molecule has 0 aromatic carbocycles. The predicted molar refractivity (Wildman–Crippen MR) is 115 cm³/mol. The van der Waals surface area contributed by atoms with Crippen LogP contribution >= 0.6 is 0 Å². The summed E-state index contributed by atoms with van der Waals surface area (Å²) in [5, 5.41) is 0. The zero-order valence-corrected chi connectivity index (χ0v) is 19.2. The molecular formula is C24H44O3. The van der Waals surface area contributed by atoms with Gasteiger partial charge in [0.05, 0.1) is 30.0 Å². The third-order valence-corrected chi connectivity index (χ3v) is 5.72. The second kappa shape index (κ2) is 11.4. The van der Waals surface area contributed by atoms with Gasteiger partial charge in [-0.05, 0) is 77.7 Å². The first-order valence-corrected chi connectivity index (χ1v) is 10.8. The van der Waals surface area contributed by atoms with E-state index in [0.717, 1.165) is 12.8 Å². The summed E-state index contributed by atoms with van der Waals surface area (Å²) in [6, 6.07) is 0. The van der Waals surface area contributed by atoms with Crippen LogP contribution in [0.4, 0.5) is 0 Å². The fraction of sp³-hybridized carbons (Fsp3) is 0.833. The van der Waals surface area contributed by atoms with Gasteiger partial charge in [0, 0.05) is 7.11 Å². The van der Waals surface area contributed by atoms with E-state index in [4.69, 9.17) is 14.2 Å². The minimum atomic E-state index is -0.176. The number of hydrogen-bond donors (Lipinski definition) is 0. The van der Waals surface area contributed by atoms with E-state index >= 15 is 0 Å². The largest absolute Gasteiger partial charge is 0.379 e. The van der Waals surface area contributed by atoms with Crippen molar-refractivity contribution in [2.45, 2.75) is 111 Å². The zero-order chi connectivity index (χ0) is 20.6. The smallest absolute Gasteiger partial charge is 0.0827 e. The second-order valence-corrected chi connectivity index (χ2v) is 9.16. The van der Waals surface area contributed by atoms with Gasteiger partial charge in [0.1, 0.15) is 0 Å². The van der Waals surface area contributed by atoms with Crippen molar-refractivity contribution in [1.29, 1.82) is 0 Å². The van der Waals surface area contributed by atoms with Crippen LogP contribution in [0.1, 0.15) is 81.1 Å². The first-order chi connectivity index (χ1) is 12.6. The van der Waals surface area contributed by atoms with Crippen molar-refractivity contribution in [2.75, 3.05) is 7.11 Å². The normalized spacial score (nSPS) is 28.3. The average molecular weight is 381 g/mol. The molecule has 27 heavy (non-hydrogen) atoms. The molecule has 3 nitrogen and oxygen atoms in total. The number of ether oxygens (including phenoxy) is 3. The molecule has 0 spiro atoms. The molecule has 0 saturated carbocycles. The standard InChI is InChI=1S/C24H44O3/c1-10-22(25-9)21(6)27-24(7,8)16-17(2)12-11-13-18(3)23-19(4)14-15-20(5)26-23/h11-13,17,19-23H,10,14-16H2,1-9H3/b12-11+,18-13+/t17-,19+,20+,21-,22+,23-/m1/s1. The SMILES string of the molecule is CC[C@H](OC)[C@@H](C)OC(C)(C)C[C@H](C)/C=C/C=C(\C)[C@H]1O[C@@H](C)CC[C@@H]1C. The molecule has 1 rings (SSSR count). The van der Waals surface area contributed by atoms with Crippen LogP contribution in [-0.2, 0) is 14.2 Å². The summed E-state index contributed by atoms with van der Waals surface area (Å²) in [5.74, 6) is 1.05. The molecule has 0 unspecified atom stereocenters. The van der Waals surface area contributed by atoms with Gasteiger partial charge < -0.3 is 14.2 Å². The van der Waals surface area contributed by atoms with Crippen molar-refractivity contribution in [1.82, 2.24) is 0 Å². The Morgan fingerprint density at radius 3 is 2.48 bits per heavy atom. The van der Waals surface area contributed by atoms with Crippen LogP contribution in [0.15, 0.2) is 23.8 Å². The van der Waals surface area contributed by atoms with Crippen molar-refractivity contribution >= 4 is 0 Å². The van der Waals surface area contributed by atoms with E-state index in [2.05, 4.69) is 73.6 Å². The molecule has 158 valence electrons. The van der Waals surface area contributed by atoms with Gasteiger partial charge in [-0.25, -0.2) is 0 Å². The molecule has 0 aromatic rings. The number of rotatable bonds is 10.